The number of aromatic nitrogens is 1. The monoisotopic (exact) mass is 150 g/mol. The zero-order valence-electron chi connectivity index (χ0n) is 6.37. The Morgan fingerprint density at radius 1 is 1.73 bits per heavy atom. The first-order valence-corrected chi connectivity index (χ1v) is 3.70. The van der Waals surface area contributed by atoms with Crippen molar-refractivity contribution in [2.45, 2.75) is 13.0 Å². The standard InChI is InChI=1S/C8H10N2O/c1-6-5-11-8(10-6)7-3-2-4-9-7/h2-4,6,9H,5H2,1H3/t6-/m1/s1. The zero-order chi connectivity index (χ0) is 7.68. The van der Waals surface area contributed by atoms with Gasteiger partial charge in [-0.05, 0) is 19.1 Å². The SMILES string of the molecule is C[C@@H]1COC(c2ccc[nH]2)=N1. The lowest BCUT2D eigenvalue weighted by atomic mass is 10.4. The van der Waals surface area contributed by atoms with Gasteiger partial charge in [-0.2, -0.15) is 0 Å². The molecule has 1 aromatic heterocycles. The third-order valence-electron chi connectivity index (χ3n) is 1.63. The third kappa shape index (κ3) is 1.13. The molecular weight excluding hydrogens is 140 g/mol. The number of hydrogen-bond donors (Lipinski definition) is 1. The van der Waals surface area contributed by atoms with Crippen molar-refractivity contribution in [3.63, 3.8) is 0 Å². The van der Waals surface area contributed by atoms with Gasteiger partial charge in [0.1, 0.15) is 12.3 Å². The maximum atomic E-state index is 5.33. The number of hydrogen-bond acceptors (Lipinski definition) is 2. The van der Waals surface area contributed by atoms with E-state index in [9.17, 15) is 0 Å². The van der Waals surface area contributed by atoms with Crippen LogP contribution in [-0.4, -0.2) is 23.5 Å². The summed E-state index contributed by atoms with van der Waals surface area (Å²) in [5.74, 6) is 0.738. The van der Waals surface area contributed by atoms with Crippen molar-refractivity contribution in [3.05, 3.63) is 24.0 Å². The van der Waals surface area contributed by atoms with Gasteiger partial charge in [-0.15, -0.1) is 0 Å². The summed E-state index contributed by atoms with van der Waals surface area (Å²) in [6, 6.07) is 4.19. The predicted molar refractivity (Wildman–Crippen MR) is 42.7 cm³/mol. The minimum absolute atomic E-state index is 0.299. The highest BCUT2D eigenvalue weighted by Gasteiger charge is 2.15. The van der Waals surface area contributed by atoms with Gasteiger partial charge in [0.25, 0.3) is 0 Å². The summed E-state index contributed by atoms with van der Waals surface area (Å²) in [7, 11) is 0. The minimum atomic E-state index is 0.299. The summed E-state index contributed by atoms with van der Waals surface area (Å²) in [6.45, 7) is 2.74. The van der Waals surface area contributed by atoms with Crippen LogP contribution in [-0.2, 0) is 4.74 Å². The molecule has 11 heavy (non-hydrogen) atoms. The van der Waals surface area contributed by atoms with Crippen LogP contribution < -0.4 is 0 Å². The van der Waals surface area contributed by atoms with E-state index in [0.717, 1.165) is 11.6 Å². The van der Waals surface area contributed by atoms with Crippen LogP contribution in [0, 0.1) is 0 Å². The Hall–Kier alpha value is -1.25. The molecule has 1 aliphatic rings. The Morgan fingerprint density at radius 2 is 2.64 bits per heavy atom. The van der Waals surface area contributed by atoms with E-state index in [-0.39, 0.29) is 0 Å². The number of aliphatic imine (C=N–C) groups is 1. The topological polar surface area (TPSA) is 37.4 Å². The second kappa shape index (κ2) is 2.42. The number of aromatic amines is 1. The van der Waals surface area contributed by atoms with Crippen molar-refractivity contribution < 1.29 is 4.74 Å². The van der Waals surface area contributed by atoms with E-state index < -0.39 is 0 Å². The molecule has 0 aromatic carbocycles. The molecule has 0 bridgehead atoms. The van der Waals surface area contributed by atoms with E-state index in [1.807, 2.05) is 25.3 Å². The molecule has 2 rings (SSSR count). The van der Waals surface area contributed by atoms with Gasteiger partial charge in [0.05, 0.1) is 6.04 Å². The second-order valence-corrected chi connectivity index (χ2v) is 2.68. The van der Waals surface area contributed by atoms with Gasteiger partial charge in [-0.3, -0.25) is 0 Å². The van der Waals surface area contributed by atoms with Crippen LogP contribution >= 0.6 is 0 Å². The van der Waals surface area contributed by atoms with E-state index in [1.54, 1.807) is 0 Å². The zero-order valence-corrected chi connectivity index (χ0v) is 6.37. The molecule has 3 heteroatoms. The van der Waals surface area contributed by atoms with Gasteiger partial charge in [0.15, 0.2) is 0 Å². The second-order valence-electron chi connectivity index (χ2n) is 2.68. The van der Waals surface area contributed by atoms with Crippen molar-refractivity contribution in [2.75, 3.05) is 6.61 Å². The smallest absolute Gasteiger partial charge is 0.233 e. The average Bonchev–Trinajstić information content (AvgIpc) is 2.55. The highest BCUT2D eigenvalue weighted by atomic mass is 16.5. The summed E-state index contributed by atoms with van der Waals surface area (Å²) < 4.78 is 5.33. The fraction of sp³-hybridized carbons (Fsp3) is 0.375. The Bertz CT molecular complexity index is 264. The van der Waals surface area contributed by atoms with Crippen molar-refractivity contribution in [1.29, 1.82) is 0 Å². The molecule has 0 fully saturated rings. The fourth-order valence-electron chi connectivity index (χ4n) is 1.08. The molecule has 0 aliphatic carbocycles. The van der Waals surface area contributed by atoms with E-state index in [2.05, 4.69) is 9.98 Å². The normalized spacial score (nSPS) is 23.0. The number of H-pyrrole nitrogens is 1. The summed E-state index contributed by atoms with van der Waals surface area (Å²) in [4.78, 5) is 7.34. The molecule has 1 N–H and O–H groups in total. The molecule has 0 spiro atoms. The first-order valence-electron chi connectivity index (χ1n) is 3.70. The molecule has 1 atom stereocenters. The molecule has 0 radical (unpaired) electrons. The first kappa shape index (κ1) is 6.46. The summed E-state index contributed by atoms with van der Waals surface area (Å²) in [6.07, 6.45) is 1.87. The van der Waals surface area contributed by atoms with E-state index in [0.29, 0.717) is 12.6 Å². The first-order chi connectivity index (χ1) is 5.36. The summed E-state index contributed by atoms with van der Waals surface area (Å²) in [5.41, 5.74) is 0.967. The highest BCUT2D eigenvalue weighted by Crippen LogP contribution is 2.09. The van der Waals surface area contributed by atoms with Crippen LogP contribution in [0.25, 0.3) is 0 Å². The van der Waals surface area contributed by atoms with Gasteiger partial charge in [-0.1, -0.05) is 0 Å². The molecule has 3 nitrogen and oxygen atoms in total. The molecule has 0 saturated heterocycles. The Labute approximate surface area is 65.1 Å². The van der Waals surface area contributed by atoms with E-state index in [4.69, 9.17) is 4.74 Å². The van der Waals surface area contributed by atoms with Crippen molar-refractivity contribution in [2.24, 2.45) is 4.99 Å². The average molecular weight is 150 g/mol. The molecular formula is C8H10N2O. The number of nitrogens with zero attached hydrogens (tertiary/aromatic N) is 1. The van der Waals surface area contributed by atoms with Crippen LogP contribution in [0.4, 0.5) is 0 Å². The summed E-state index contributed by atoms with van der Waals surface area (Å²) in [5, 5.41) is 0. The molecule has 0 unspecified atom stereocenters. The van der Waals surface area contributed by atoms with Crippen LogP contribution in [0.15, 0.2) is 23.3 Å². The maximum absolute atomic E-state index is 5.33. The third-order valence-corrected chi connectivity index (χ3v) is 1.63. The molecule has 58 valence electrons. The molecule has 0 amide bonds. The molecule has 2 heterocycles. The largest absolute Gasteiger partial charge is 0.474 e. The van der Waals surface area contributed by atoms with Crippen molar-refractivity contribution in [1.82, 2.24) is 4.98 Å². The number of rotatable bonds is 1. The van der Waals surface area contributed by atoms with Gasteiger partial charge in [-0.25, -0.2) is 4.99 Å². The molecule has 0 saturated carbocycles. The number of nitrogens with one attached hydrogen (secondary N) is 1. The van der Waals surface area contributed by atoms with Crippen LogP contribution in [0.5, 0.6) is 0 Å². The van der Waals surface area contributed by atoms with Crippen LogP contribution in [0.3, 0.4) is 0 Å². The van der Waals surface area contributed by atoms with E-state index in [1.165, 1.54) is 0 Å². The lowest BCUT2D eigenvalue weighted by Gasteiger charge is -1.95. The maximum Gasteiger partial charge on any atom is 0.233 e. The van der Waals surface area contributed by atoms with Crippen LogP contribution in [0.1, 0.15) is 12.6 Å². The van der Waals surface area contributed by atoms with Crippen LogP contribution in [0.2, 0.25) is 0 Å². The van der Waals surface area contributed by atoms with Gasteiger partial charge < -0.3 is 9.72 Å². The minimum Gasteiger partial charge on any atom is -0.474 e. The fourth-order valence-corrected chi connectivity index (χ4v) is 1.08. The Balaban J connectivity index is 2.25. The van der Waals surface area contributed by atoms with Gasteiger partial charge in [0, 0.05) is 6.20 Å². The molecule has 1 aliphatic heterocycles. The van der Waals surface area contributed by atoms with Gasteiger partial charge >= 0.3 is 0 Å². The number of ether oxygens (including phenoxy) is 1. The highest BCUT2D eigenvalue weighted by molar-refractivity contribution is 5.93. The van der Waals surface area contributed by atoms with Crippen molar-refractivity contribution in [3.8, 4) is 0 Å². The quantitative estimate of drug-likeness (QED) is 0.641. The summed E-state index contributed by atoms with van der Waals surface area (Å²) >= 11 is 0. The lowest BCUT2D eigenvalue weighted by Crippen LogP contribution is -2.01. The Morgan fingerprint density at radius 3 is 3.18 bits per heavy atom. The predicted octanol–water partition coefficient (Wildman–Crippen LogP) is 1.18. The lowest BCUT2D eigenvalue weighted by molar-refractivity contribution is 0.323. The Kier molecular flexibility index (Phi) is 1.42. The van der Waals surface area contributed by atoms with Crippen molar-refractivity contribution >= 4 is 5.90 Å². The van der Waals surface area contributed by atoms with Gasteiger partial charge in [0.2, 0.25) is 5.90 Å². The molecule has 1 aromatic rings. The van der Waals surface area contributed by atoms with E-state index >= 15 is 0 Å².